The molecule has 4 rings (SSSR count). The van der Waals surface area contributed by atoms with Gasteiger partial charge in [0, 0.05) is 23.3 Å². The summed E-state index contributed by atoms with van der Waals surface area (Å²) in [6.45, 7) is 4.79. The first-order valence-corrected chi connectivity index (χ1v) is 11.5. The molecule has 33 heavy (non-hydrogen) atoms. The van der Waals surface area contributed by atoms with Gasteiger partial charge in [0.15, 0.2) is 0 Å². The van der Waals surface area contributed by atoms with E-state index in [0.717, 1.165) is 4.88 Å². The van der Waals surface area contributed by atoms with Crippen molar-refractivity contribution >= 4 is 28.8 Å². The third-order valence-corrected chi connectivity index (χ3v) is 6.15. The van der Waals surface area contributed by atoms with E-state index in [0.29, 0.717) is 35.8 Å². The molecule has 0 spiro atoms. The van der Waals surface area contributed by atoms with Crippen molar-refractivity contribution in [1.29, 1.82) is 0 Å². The van der Waals surface area contributed by atoms with Crippen molar-refractivity contribution < 1.29 is 24.2 Å². The Bertz CT molecular complexity index is 1170. The second-order valence-electron chi connectivity index (χ2n) is 7.31. The lowest BCUT2D eigenvalue weighted by Gasteiger charge is -2.25. The van der Waals surface area contributed by atoms with Crippen LogP contribution in [0.25, 0.3) is 5.76 Å². The average Bonchev–Trinajstić information content (AvgIpc) is 3.42. The highest BCUT2D eigenvalue weighted by molar-refractivity contribution is 7.09. The number of aliphatic hydroxyl groups is 1. The van der Waals surface area contributed by atoms with Gasteiger partial charge in [-0.1, -0.05) is 6.07 Å². The first-order chi connectivity index (χ1) is 16.0. The van der Waals surface area contributed by atoms with Crippen molar-refractivity contribution in [2.45, 2.75) is 26.4 Å². The summed E-state index contributed by atoms with van der Waals surface area (Å²) in [5, 5.41) is 13.3. The Morgan fingerprint density at radius 1 is 1.09 bits per heavy atom. The van der Waals surface area contributed by atoms with Crippen LogP contribution in [0.3, 0.4) is 0 Å². The zero-order valence-corrected chi connectivity index (χ0v) is 19.2. The Hall–Kier alpha value is -3.65. The molecule has 1 N–H and O–H groups in total. The number of benzene rings is 1. The fraction of sp³-hybridized carbons (Fsp3) is 0.240. The molecule has 8 heteroatoms. The number of Topliss-reactive ketones (excluding diaryl/α,β-unsaturated/α-hetero) is 1. The van der Waals surface area contributed by atoms with Crippen LogP contribution in [0.4, 0.5) is 0 Å². The molecule has 0 bridgehead atoms. The van der Waals surface area contributed by atoms with Gasteiger partial charge in [-0.3, -0.25) is 14.6 Å². The molecular formula is C25H24N2O5S. The summed E-state index contributed by atoms with van der Waals surface area (Å²) in [7, 11) is 0. The van der Waals surface area contributed by atoms with Crippen molar-refractivity contribution in [2.24, 2.45) is 0 Å². The van der Waals surface area contributed by atoms with E-state index < -0.39 is 17.7 Å². The second-order valence-corrected chi connectivity index (χ2v) is 8.34. The fourth-order valence-electron chi connectivity index (χ4n) is 3.88. The van der Waals surface area contributed by atoms with Crippen LogP contribution in [0.2, 0.25) is 0 Å². The number of aromatic nitrogens is 1. The Morgan fingerprint density at radius 3 is 2.52 bits per heavy atom. The molecule has 1 amide bonds. The molecule has 1 atom stereocenters. The van der Waals surface area contributed by atoms with Gasteiger partial charge in [0.05, 0.1) is 36.9 Å². The molecule has 2 aromatic heterocycles. The Kier molecular flexibility index (Phi) is 6.74. The van der Waals surface area contributed by atoms with Gasteiger partial charge >= 0.3 is 0 Å². The molecule has 3 heterocycles. The van der Waals surface area contributed by atoms with Crippen LogP contribution in [0.5, 0.6) is 11.5 Å². The maximum atomic E-state index is 13.2. The number of ether oxygens (including phenoxy) is 2. The number of likely N-dealkylation sites (tertiary alicyclic amines) is 1. The van der Waals surface area contributed by atoms with Crippen LogP contribution in [0.15, 0.2) is 65.8 Å². The molecular weight excluding hydrogens is 440 g/mol. The zero-order valence-electron chi connectivity index (χ0n) is 18.4. The Labute approximate surface area is 195 Å². The van der Waals surface area contributed by atoms with E-state index in [2.05, 4.69) is 4.98 Å². The standard InChI is InChI=1S/C25H24N2O5S/c1-3-31-17-7-8-19(20(14-17)32-4-2)23(28)21-22(16-9-11-26-12-10-16)27(25(30)24(21)29)15-18-6-5-13-33-18/h5-14,22,28H,3-4,15H2,1-2H3/b23-21-. The van der Waals surface area contributed by atoms with E-state index >= 15 is 0 Å². The van der Waals surface area contributed by atoms with Gasteiger partial charge in [0.1, 0.15) is 17.3 Å². The Morgan fingerprint density at radius 2 is 1.85 bits per heavy atom. The molecule has 1 aliphatic rings. The number of nitrogens with zero attached hydrogens (tertiary/aromatic N) is 2. The van der Waals surface area contributed by atoms with Gasteiger partial charge in [0.25, 0.3) is 11.7 Å². The number of amides is 1. The molecule has 0 aliphatic carbocycles. The van der Waals surface area contributed by atoms with Crippen molar-refractivity contribution in [1.82, 2.24) is 9.88 Å². The molecule has 1 fully saturated rings. The van der Waals surface area contributed by atoms with E-state index in [1.54, 1.807) is 42.7 Å². The van der Waals surface area contributed by atoms with Crippen LogP contribution >= 0.6 is 11.3 Å². The maximum absolute atomic E-state index is 13.2. The highest BCUT2D eigenvalue weighted by Crippen LogP contribution is 2.42. The number of aliphatic hydroxyl groups excluding tert-OH is 1. The molecule has 1 unspecified atom stereocenters. The normalized spacial score (nSPS) is 17.4. The maximum Gasteiger partial charge on any atom is 0.295 e. The number of carbonyl (C=O) groups is 2. The van der Waals surface area contributed by atoms with E-state index in [1.165, 1.54) is 16.2 Å². The number of carbonyl (C=O) groups excluding carboxylic acids is 2. The predicted molar refractivity (Wildman–Crippen MR) is 125 cm³/mol. The van der Waals surface area contributed by atoms with Gasteiger partial charge in [-0.25, -0.2) is 0 Å². The summed E-state index contributed by atoms with van der Waals surface area (Å²) in [6.07, 6.45) is 3.20. The molecule has 0 saturated carbocycles. The second kappa shape index (κ2) is 9.87. The summed E-state index contributed by atoms with van der Waals surface area (Å²) in [4.78, 5) is 32.8. The van der Waals surface area contributed by atoms with Crippen molar-refractivity contribution in [3.05, 3.63) is 81.8 Å². The third-order valence-electron chi connectivity index (χ3n) is 5.29. The number of hydrogen-bond donors (Lipinski definition) is 1. The van der Waals surface area contributed by atoms with Crippen LogP contribution in [0, 0.1) is 0 Å². The van der Waals surface area contributed by atoms with Gasteiger partial charge in [-0.15, -0.1) is 11.3 Å². The number of thiophene rings is 1. The first-order valence-electron chi connectivity index (χ1n) is 10.7. The molecule has 170 valence electrons. The minimum Gasteiger partial charge on any atom is -0.507 e. The molecule has 1 aromatic carbocycles. The predicted octanol–water partition coefficient (Wildman–Crippen LogP) is 4.56. The SMILES string of the molecule is CCOc1ccc(/C(O)=C2/C(=O)C(=O)N(Cc3cccs3)C2c2ccncc2)c(OCC)c1. The van der Waals surface area contributed by atoms with E-state index in [4.69, 9.17) is 9.47 Å². The summed E-state index contributed by atoms with van der Waals surface area (Å²) in [5.41, 5.74) is 1.03. The van der Waals surface area contributed by atoms with E-state index in [9.17, 15) is 14.7 Å². The molecule has 7 nitrogen and oxygen atoms in total. The zero-order chi connectivity index (χ0) is 23.4. The molecule has 0 radical (unpaired) electrons. The summed E-state index contributed by atoms with van der Waals surface area (Å²) in [5.74, 6) is -0.714. The smallest absolute Gasteiger partial charge is 0.295 e. The minimum atomic E-state index is -0.754. The lowest BCUT2D eigenvalue weighted by molar-refractivity contribution is -0.140. The largest absolute Gasteiger partial charge is 0.507 e. The first kappa shape index (κ1) is 22.5. The van der Waals surface area contributed by atoms with Gasteiger partial charge in [0.2, 0.25) is 0 Å². The number of rotatable bonds is 8. The third kappa shape index (κ3) is 4.47. The van der Waals surface area contributed by atoms with Gasteiger partial charge in [-0.2, -0.15) is 0 Å². The quantitative estimate of drug-likeness (QED) is 0.299. The molecule has 1 saturated heterocycles. The minimum absolute atomic E-state index is 0.0212. The van der Waals surface area contributed by atoms with Crippen LogP contribution in [-0.2, 0) is 16.1 Å². The number of pyridine rings is 1. The highest BCUT2D eigenvalue weighted by atomic mass is 32.1. The van der Waals surface area contributed by atoms with Gasteiger partial charge in [-0.05, 0) is 55.1 Å². The van der Waals surface area contributed by atoms with Gasteiger partial charge < -0.3 is 19.5 Å². The molecule has 3 aromatic rings. The number of ketones is 1. The lowest BCUT2D eigenvalue weighted by atomic mass is 9.95. The van der Waals surface area contributed by atoms with Crippen molar-refractivity contribution in [3.63, 3.8) is 0 Å². The monoisotopic (exact) mass is 464 g/mol. The highest BCUT2D eigenvalue weighted by Gasteiger charge is 2.46. The fourth-order valence-corrected chi connectivity index (χ4v) is 4.58. The van der Waals surface area contributed by atoms with Crippen molar-refractivity contribution in [3.8, 4) is 11.5 Å². The topological polar surface area (TPSA) is 89.0 Å². The lowest BCUT2D eigenvalue weighted by Crippen LogP contribution is -2.28. The van der Waals surface area contributed by atoms with E-state index in [1.807, 2.05) is 31.4 Å². The summed E-state index contributed by atoms with van der Waals surface area (Å²) < 4.78 is 11.3. The van der Waals surface area contributed by atoms with Crippen LogP contribution in [0.1, 0.15) is 35.9 Å². The summed E-state index contributed by atoms with van der Waals surface area (Å²) >= 11 is 1.50. The van der Waals surface area contributed by atoms with Crippen LogP contribution in [-0.4, -0.2) is 39.9 Å². The Balaban J connectivity index is 1.86. The van der Waals surface area contributed by atoms with Crippen LogP contribution < -0.4 is 9.47 Å². The van der Waals surface area contributed by atoms with E-state index in [-0.39, 0.29) is 17.9 Å². The molecule has 1 aliphatic heterocycles. The van der Waals surface area contributed by atoms with Crippen molar-refractivity contribution in [2.75, 3.05) is 13.2 Å². The summed E-state index contributed by atoms with van der Waals surface area (Å²) in [6, 6.07) is 11.5. The number of hydrogen-bond acceptors (Lipinski definition) is 7. The average molecular weight is 465 g/mol.